The maximum atomic E-state index is 12.9. The van der Waals surface area contributed by atoms with E-state index in [1.54, 1.807) is 7.11 Å². The van der Waals surface area contributed by atoms with Crippen molar-refractivity contribution in [1.82, 2.24) is 20.0 Å². The van der Waals surface area contributed by atoms with E-state index in [0.29, 0.717) is 39.3 Å². The molecule has 0 saturated carbocycles. The van der Waals surface area contributed by atoms with E-state index in [1.807, 2.05) is 52.3 Å². The molecule has 2 aromatic rings. The molecule has 0 aromatic heterocycles. The van der Waals surface area contributed by atoms with Crippen molar-refractivity contribution in [2.24, 2.45) is 5.41 Å². The van der Waals surface area contributed by atoms with Crippen LogP contribution in [0, 0.1) is 5.41 Å². The van der Waals surface area contributed by atoms with E-state index in [0.717, 1.165) is 62.3 Å². The molecule has 1 atom stereocenters. The van der Waals surface area contributed by atoms with E-state index in [4.69, 9.17) is 9.47 Å². The Balaban J connectivity index is 1.13. The van der Waals surface area contributed by atoms with Crippen LogP contribution in [0.5, 0.6) is 5.75 Å². The van der Waals surface area contributed by atoms with Crippen molar-refractivity contribution in [2.45, 2.75) is 38.3 Å². The number of morpholine rings is 1. The van der Waals surface area contributed by atoms with Crippen molar-refractivity contribution in [2.75, 3.05) is 59.6 Å². The number of nitrogens with zero attached hydrogens (tertiary/aromatic N) is 3. The Morgan fingerprint density at radius 1 is 1.03 bits per heavy atom. The molecule has 1 spiro atoms. The molecule has 3 aliphatic heterocycles. The van der Waals surface area contributed by atoms with Crippen LogP contribution in [0.15, 0.2) is 54.6 Å². The number of hydrogen-bond donors (Lipinski definition) is 1. The lowest BCUT2D eigenvalue weighted by Gasteiger charge is -2.39. The summed E-state index contributed by atoms with van der Waals surface area (Å²) < 4.78 is 10.7. The van der Waals surface area contributed by atoms with Crippen LogP contribution in [0.3, 0.4) is 0 Å². The molecule has 1 unspecified atom stereocenters. The van der Waals surface area contributed by atoms with Gasteiger partial charge in [-0.05, 0) is 61.0 Å². The summed E-state index contributed by atoms with van der Waals surface area (Å²) >= 11 is 0. The molecule has 3 amide bonds. The molecule has 0 aliphatic carbocycles. The van der Waals surface area contributed by atoms with Crippen molar-refractivity contribution in [3.63, 3.8) is 0 Å². The summed E-state index contributed by atoms with van der Waals surface area (Å²) in [6.45, 7) is 6.86. The number of amides is 3. The summed E-state index contributed by atoms with van der Waals surface area (Å²) in [5, 5.41) is 3.28. The SMILES string of the molecule is COc1ccc(CN2CC3(CCN(CCC(NC(=O)N4CCOCC4)c4ccccc4)CC3)CC2=O)cc1. The van der Waals surface area contributed by atoms with Crippen molar-refractivity contribution in [3.05, 3.63) is 65.7 Å². The molecule has 8 nitrogen and oxygen atoms in total. The first-order valence-electron chi connectivity index (χ1n) is 13.8. The van der Waals surface area contributed by atoms with Gasteiger partial charge in [0.25, 0.3) is 0 Å². The average molecular weight is 521 g/mol. The minimum atomic E-state index is -0.0320. The lowest BCUT2D eigenvalue weighted by Crippen LogP contribution is -2.48. The molecular weight excluding hydrogens is 480 g/mol. The van der Waals surface area contributed by atoms with Gasteiger partial charge in [0.15, 0.2) is 0 Å². The molecule has 3 fully saturated rings. The molecule has 0 radical (unpaired) electrons. The summed E-state index contributed by atoms with van der Waals surface area (Å²) in [5.41, 5.74) is 2.36. The lowest BCUT2D eigenvalue weighted by molar-refractivity contribution is -0.128. The minimum absolute atomic E-state index is 0.0128. The zero-order valence-electron chi connectivity index (χ0n) is 22.4. The van der Waals surface area contributed by atoms with Crippen LogP contribution >= 0.6 is 0 Å². The summed E-state index contributed by atoms with van der Waals surface area (Å²) in [6, 6.07) is 18.2. The number of piperidine rings is 1. The van der Waals surface area contributed by atoms with E-state index in [-0.39, 0.29) is 23.4 Å². The monoisotopic (exact) mass is 520 g/mol. The first-order chi connectivity index (χ1) is 18.5. The smallest absolute Gasteiger partial charge is 0.318 e. The molecule has 3 aliphatic rings. The van der Waals surface area contributed by atoms with E-state index in [1.165, 1.54) is 0 Å². The summed E-state index contributed by atoms with van der Waals surface area (Å²) in [5.74, 6) is 1.10. The lowest BCUT2D eigenvalue weighted by atomic mass is 9.77. The van der Waals surface area contributed by atoms with Gasteiger partial charge in [0, 0.05) is 39.1 Å². The van der Waals surface area contributed by atoms with Crippen LogP contribution in [0.2, 0.25) is 0 Å². The number of benzene rings is 2. The quantitative estimate of drug-likeness (QED) is 0.575. The molecule has 3 saturated heterocycles. The third kappa shape index (κ3) is 6.48. The molecule has 1 N–H and O–H groups in total. The second-order valence-corrected chi connectivity index (χ2v) is 10.9. The normalized spacial score (nSPS) is 20.5. The number of urea groups is 1. The number of likely N-dealkylation sites (tertiary alicyclic amines) is 2. The fraction of sp³-hybridized carbons (Fsp3) is 0.533. The number of methoxy groups -OCH3 is 1. The molecule has 5 rings (SSSR count). The first kappa shape index (κ1) is 26.5. The van der Waals surface area contributed by atoms with Crippen molar-refractivity contribution < 1.29 is 19.1 Å². The van der Waals surface area contributed by atoms with E-state index in [9.17, 15) is 9.59 Å². The van der Waals surface area contributed by atoms with Gasteiger partial charge >= 0.3 is 6.03 Å². The number of hydrogen-bond acceptors (Lipinski definition) is 5. The number of ether oxygens (including phenoxy) is 2. The molecule has 38 heavy (non-hydrogen) atoms. The third-order valence-corrected chi connectivity index (χ3v) is 8.39. The maximum Gasteiger partial charge on any atom is 0.318 e. The zero-order chi connectivity index (χ0) is 26.4. The number of nitrogens with one attached hydrogen (secondary N) is 1. The number of carbonyl (C=O) groups excluding carboxylic acids is 2. The highest BCUT2D eigenvalue weighted by Crippen LogP contribution is 2.41. The Morgan fingerprint density at radius 2 is 1.74 bits per heavy atom. The van der Waals surface area contributed by atoms with Gasteiger partial charge in [-0.2, -0.15) is 0 Å². The van der Waals surface area contributed by atoms with Gasteiger partial charge in [0.2, 0.25) is 5.91 Å². The fourth-order valence-corrected chi connectivity index (χ4v) is 5.99. The third-order valence-electron chi connectivity index (χ3n) is 8.39. The first-order valence-corrected chi connectivity index (χ1v) is 13.8. The largest absolute Gasteiger partial charge is 0.497 e. The van der Waals surface area contributed by atoms with Crippen LogP contribution in [0.25, 0.3) is 0 Å². The van der Waals surface area contributed by atoms with Crippen LogP contribution in [-0.2, 0) is 16.1 Å². The molecule has 2 aromatic carbocycles. The topological polar surface area (TPSA) is 74.3 Å². The highest BCUT2D eigenvalue weighted by Gasteiger charge is 2.44. The standard InChI is InChI=1S/C30H40N4O4/c1-37-26-9-7-24(8-10-26)22-34-23-30(21-28(34)35)12-15-32(16-13-30)14-11-27(25-5-3-2-4-6-25)31-29(36)33-17-19-38-20-18-33/h2-10,27H,11-23H2,1H3,(H,31,36). The van der Waals surface area contributed by atoms with Gasteiger partial charge in [0.05, 0.1) is 26.4 Å². The van der Waals surface area contributed by atoms with Gasteiger partial charge in [-0.25, -0.2) is 4.79 Å². The second-order valence-electron chi connectivity index (χ2n) is 10.9. The Morgan fingerprint density at radius 3 is 2.42 bits per heavy atom. The van der Waals surface area contributed by atoms with Gasteiger partial charge in [-0.1, -0.05) is 42.5 Å². The zero-order valence-corrected chi connectivity index (χ0v) is 22.4. The molecule has 3 heterocycles. The predicted octanol–water partition coefficient (Wildman–Crippen LogP) is 3.68. The second kappa shape index (κ2) is 12.2. The van der Waals surface area contributed by atoms with Gasteiger partial charge < -0.3 is 29.5 Å². The Kier molecular flexibility index (Phi) is 8.49. The van der Waals surface area contributed by atoms with E-state index < -0.39 is 0 Å². The molecule has 204 valence electrons. The summed E-state index contributed by atoms with van der Waals surface area (Å²) in [4.78, 5) is 32.2. The molecular formula is C30H40N4O4. The molecule has 8 heteroatoms. The van der Waals surface area contributed by atoms with Gasteiger partial charge in [0.1, 0.15) is 5.75 Å². The average Bonchev–Trinajstić information content (AvgIpc) is 3.26. The summed E-state index contributed by atoms with van der Waals surface area (Å²) in [6.07, 6.45) is 3.58. The fourth-order valence-electron chi connectivity index (χ4n) is 5.99. The van der Waals surface area contributed by atoms with Crippen molar-refractivity contribution >= 4 is 11.9 Å². The van der Waals surface area contributed by atoms with E-state index >= 15 is 0 Å². The Hall–Kier alpha value is -3.10. The highest BCUT2D eigenvalue weighted by molar-refractivity contribution is 5.79. The number of carbonyl (C=O) groups is 2. The Labute approximate surface area is 225 Å². The van der Waals surface area contributed by atoms with Crippen LogP contribution < -0.4 is 10.1 Å². The van der Waals surface area contributed by atoms with Crippen LogP contribution in [0.4, 0.5) is 4.79 Å². The van der Waals surface area contributed by atoms with Crippen molar-refractivity contribution in [1.29, 1.82) is 0 Å². The Bertz CT molecular complexity index is 1060. The minimum Gasteiger partial charge on any atom is -0.497 e. The highest BCUT2D eigenvalue weighted by atomic mass is 16.5. The van der Waals surface area contributed by atoms with E-state index in [2.05, 4.69) is 22.3 Å². The molecule has 0 bridgehead atoms. The van der Waals surface area contributed by atoms with Crippen LogP contribution in [-0.4, -0.2) is 86.2 Å². The van der Waals surface area contributed by atoms with Gasteiger partial charge in [-0.15, -0.1) is 0 Å². The van der Waals surface area contributed by atoms with Crippen molar-refractivity contribution in [3.8, 4) is 5.75 Å². The van der Waals surface area contributed by atoms with Crippen LogP contribution in [0.1, 0.15) is 42.9 Å². The maximum absolute atomic E-state index is 12.9. The predicted molar refractivity (Wildman–Crippen MR) is 146 cm³/mol. The van der Waals surface area contributed by atoms with Gasteiger partial charge in [-0.3, -0.25) is 4.79 Å². The number of rotatable bonds is 8. The summed E-state index contributed by atoms with van der Waals surface area (Å²) in [7, 11) is 1.67.